The monoisotopic (exact) mass is 954 g/mol. The summed E-state index contributed by atoms with van der Waals surface area (Å²) < 4.78 is 42.8. The molecule has 4 aromatic rings. The van der Waals surface area contributed by atoms with E-state index in [0.29, 0.717) is 0 Å². The molecule has 0 aliphatic carbocycles. The number of nitriles is 1. The van der Waals surface area contributed by atoms with Gasteiger partial charge in [-0.05, 0) is 176 Å². The number of hydrogen-bond donors (Lipinski definition) is 0. The smallest absolute Gasteiger partial charge is 0.252 e. The van der Waals surface area contributed by atoms with Crippen LogP contribution in [0.15, 0.2) is 72.8 Å². The number of rotatable bonds is 8. The first-order valence-electron chi connectivity index (χ1n) is 23.0. The second-order valence-corrected chi connectivity index (χ2v) is 18.1. The van der Waals surface area contributed by atoms with Crippen LogP contribution in [-0.4, -0.2) is 60.6 Å². The van der Waals surface area contributed by atoms with Crippen LogP contribution in [-0.2, 0) is 30.8 Å². The average Bonchev–Trinajstić information content (AvgIpc) is 4.11. The highest BCUT2D eigenvalue weighted by Gasteiger charge is 2.28. The number of aryl methyl sites for hydroxylation is 4. The summed E-state index contributed by atoms with van der Waals surface area (Å²) in [6, 6.07) is 24.1. The van der Waals surface area contributed by atoms with Crippen molar-refractivity contribution in [3.05, 3.63) is 140 Å². The zero-order chi connectivity index (χ0) is 52.1. The van der Waals surface area contributed by atoms with Gasteiger partial charge in [0.2, 0.25) is 0 Å². The number of carbonyl (C=O) groups is 1. The van der Waals surface area contributed by atoms with E-state index in [1.165, 1.54) is 37.8 Å². The Morgan fingerprint density at radius 1 is 0.594 bits per heavy atom. The third-order valence-corrected chi connectivity index (χ3v) is 11.0. The van der Waals surface area contributed by atoms with Crippen molar-refractivity contribution in [2.45, 2.75) is 140 Å². The van der Waals surface area contributed by atoms with Crippen molar-refractivity contribution in [1.29, 1.82) is 5.26 Å². The summed E-state index contributed by atoms with van der Waals surface area (Å²) in [5, 5.41) is 7.89. The molecule has 10 nitrogen and oxygen atoms in total. The highest BCUT2D eigenvalue weighted by atomic mass is 19.1. The lowest BCUT2D eigenvalue weighted by atomic mass is 9.80. The van der Waals surface area contributed by atoms with Gasteiger partial charge in [0.15, 0.2) is 0 Å². The van der Waals surface area contributed by atoms with Crippen molar-refractivity contribution in [2.75, 3.05) is 54.9 Å². The minimum atomic E-state index is -0.447. The van der Waals surface area contributed by atoms with E-state index in [1.807, 2.05) is 144 Å². The molecule has 0 unspecified atom stereocenters. The van der Waals surface area contributed by atoms with E-state index in [0.717, 1.165) is 88.4 Å². The minimum Gasteiger partial charge on any atom is -0.496 e. The van der Waals surface area contributed by atoms with Gasteiger partial charge >= 0.3 is 0 Å². The molecule has 2 heterocycles. The Hall–Kier alpha value is -5.93. The number of Topliss-reactive ketones (excluding diaryl/α,β-unsaturated/α-hetero) is 1. The van der Waals surface area contributed by atoms with Gasteiger partial charge in [-0.3, -0.25) is 4.79 Å². The molecule has 0 saturated carbocycles. The summed E-state index contributed by atoms with van der Waals surface area (Å²) in [6.45, 7) is 42.9. The number of hydrogen-bond acceptors (Lipinski definition) is 8. The molecule has 380 valence electrons. The van der Waals surface area contributed by atoms with Crippen LogP contribution in [0.5, 0.6) is 23.0 Å². The maximum absolute atomic E-state index is 12.4. The molecule has 0 amide bonds. The molecule has 0 bridgehead atoms. The molecule has 0 N–H and O–H groups in total. The fraction of sp³-hybridized carbons (Fsp3) is 0.517. The number of methoxy groups -OCH3 is 4. The fourth-order valence-corrected chi connectivity index (χ4v) is 5.98. The Bertz CT molecular complexity index is 2140. The normalized spacial score (nSPS) is 12.2. The van der Waals surface area contributed by atoms with Crippen LogP contribution in [0.4, 0.5) is 4.39 Å². The van der Waals surface area contributed by atoms with E-state index in [9.17, 15) is 9.18 Å². The van der Waals surface area contributed by atoms with E-state index in [4.69, 9.17) is 46.8 Å². The van der Waals surface area contributed by atoms with Crippen LogP contribution in [0.3, 0.4) is 0 Å². The number of halogens is 1. The lowest BCUT2D eigenvalue weighted by Gasteiger charge is -2.22. The average molecular weight is 954 g/mol. The van der Waals surface area contributed by atoms with Crippen molar-refractivity contribution < 1.29 is 37.6 Å². The summed E-state index contributed by atoms with van der Waals surface area (Å²) in [7, 11) is 6.53. The number of carbonyl (C=O) groups excluding carboxylic acids is 1. The molecule has 6 rings (SSSR count). The summed E-state index contributed by atoms with van der Waals surface area (Å²) >= 11 is 0. The topological polar surface area (TPSA) is 105 Å². The Morgan fingerprint density at radius 3 is 1.09 bits per heavy atom. The predicted octanol–water partition coefficient (Wildman–Crippen LogP) is 14.7. The SMILES string of the molecule is C.C1CCOC1.C1CCOC1.CC(C)C#N.COc1ccc(C(C)(C)C(C)=O)cc1C.COc1ccc(F)cc1C.[C-]#[N+]C(C)(C)c1ccc(OC)c(C)c1.[C-]#[N+]C(C)(C)c1ccc(OC)c(C)c1. The van der Waals surface area contributed by atoms with E-state index in [2.05, 4.69) is 9.69 Å². The van der Waals surface area contributed by atoms with Crippen molar-refractivity contribution >= 4 is 5.78 Å². The molecular weight excluding hydrogens is 870 g/mol. The molecule has 0 aromatic heterocycles. The second-order valence-electron chi connectivity index (χ2n) is 18.1. The Kier molecular flexibility index (Phi) is 31.7. The molecule has 0 radical (unpaired) electrons. The first kappa shape index (κ1) is 65.2. The van der Waals surface area contributed by atoms with Crippen LogP contribution >= 0.6 is 0 Å². The molecule has 2 fully saturated rings. The van der Waals surface area contributed by atoms with Gasteiger partial charge in [-0.25, -0.2) is 17.5 Å². The van der Waals surface area contributed by atoms with Gasteiger partial charge < -0.3 is 38.1 Å². The lowest BCUT2D eigenvalue weighted by molar-refractivity contribution is -0.121. The third kappa shape index (κ3) is 24.3. The Morgan fingerprint density at radius 2 is 0.870 bits per heavy atom. The molecule has 11 heteroatoms. The third-order valence-electron chi connectivity index (χ3n) is 11.0. The van der Waals surface area contributed by atoms with Crippen molar-refractivity contribution in [3.63, 3.8) is 0 Å². The van der Waals surface area contributed by atoms with Gasteiger partial charge in [-0.15, -0.1) is 0 Å². The van der Waals surface area contributed by atoms with E-state index in [-0.39, 0.29) is 24.9 Å². The molecular formula is C58H84FN3O7. The molecule has 69 heavy (non-hydrogen) atoms. The van der Waals surface area contributed by atoms with Gasteiger partial charge in [0, 0.05) is 76.6 Å². The largest absolute Gasteiger partial charge is 0.496 e. The predicted molar refractivity (Wildman–Crippen MR) is 281 cm³/mol. The maximum Gasteiger partial charge on any atom is 0.252 e. The van der Waals surface area contributed by atoms with Gasteiger partial charge in [0.05, 0.1) is 34.5 Å². The summed E-state index contributed by atoms with van der Waals surface area (Å²) in [6.07, 6.45) is 5.11. The van der Waals surface area contributed by atoms with E-state index < -0.39 is 16.5 Å². The molecule has 0 spiro atoms. The molecule has 0 atom stereocenters. The summed E-state index contributed by atoms with van der Waals surface area (Å²) in [5.74, 6) is 3.46. The highest BCUT2D eigenvalue weighted by Crippen LogP contribution is 2.31. The molecule has 2 saturated heterocycles. The molecule has 2 aliphatic heterocycles. The summed E-state index contributed by atoms with van der Waals surface area (Å²) in [5.41, 5.74) is 5.81. The van der Waals surface area contributed by atoms with Crippen molar-refractivity contribution in [1.82, 2.24) is 0 Å². The van der Waals surface area contributed by atoms with Crippen LogP contribution in [0.2, 0.25) is 0 Å². The number of nitrogens with zero attached hydrogens (tertiary/aromatic N) is 3. The first-order chi connectivity index (χ1) is 31.9. The van der Waals surface area contributed by atoms with E-state index >= 15 is 0 Å². The second kappa shape index (κ2) is 33.5. The lowest BCUT2D eigenvalue weighted by Crippen LogP contribution is -2.26. The van der Waals surface area contributed by atoms with Crippen LogP contribution in [0.25, 0.3) is 9.69 Å². The molecule has 2 aliphatic rings. The zero-order valence-corrected chi connectivity index (χ0v) is 44.2. The van der Waals surface area contributed by atoms with Gasteiger partial charge in [-0.1, -0.05) is 19.6 Å². The van der Waals surface area contributed by atoms with Crippen molar-refractivity contribution in [3.8, 4) is 29.1 Å². The Labute approximate surface area is 417 Å². The fourth-order valence-electron chi connectivity index (χ4n) is 5.98. The molecule has 4 aromatic carbocycles. The standard InChI is InChI=1S/C13H18O2.2C12H15NO.C8H9FO.C4H7N.2C4H8O.CH4/c1-9-8-11(6-7-12(9)15-5)13(3,4)10(2)14;2*1-9-8-10(12(2,3)13-4)6-7-11(9)14-5;1-6-5-7(9)3-4-8(6)10-2;1-4(2)3-5;2*1-2-4-5-3-1;/h6-8H,1-5H3;2*6-8H,1-3,5H3;3-5H,1-2H3;4H,1-2H3;2*1-4H2;1H4. The van der Waals surface area contributed by atoms with Crippen LogP contribution in [0.1, 0.15) is 134 Å². The Balaban J connectivity index is 0. The van der Waals surface area contributed by atoms with Gasteiger partial charge in [-0.2, -0.15) is 5.26 Å². The minimum absolute atomic E-state index is 0. The van der Waals surface area contributed by atoms with Gasteiger partial charge in [0.25, 0.3) is 11.1 Å². The summed E-state index contributed by atoms with van der Waals surface area (Å²) in [4.78, 5) is 18.7. The zero-order valence-electron chi connectivity index (χ0n) is 44.2. The van der Waals surface area contributed by atoms with Crippen LogP contribution < -0.4 is 18.9 Å². The highest BCUT2D eigenvalue weighted by molar-refractivity contribution is 5.87. The number of benzene rings is 4. The first-order valence-corrected chi connectivity index (χ1v) is 23.0. The van der Waals surface area contributed by atoms with E-state index in [1.54, 1.807) is 41.4 Å². The number of ether oxygens (including phenoxy) is 6. The van der Waals surface area contributed by atoms with Crippen LogP contribution in [0, 0.1) is 63.9 Å². The maximum atomic E-state index is 12.4. The van der Waals surface area contributed by atoms with Crippen molar-refractivity contribution in [2.24, 2.45) is 5.92 Å². The number of ketones is 1. The quantitative estimate of drug-likeness (QED) is 0.161. The van der Waals surface area contributed by atoms with Gasteiger partial charge in [0.1, 0.15) is 34.6 Å².